The molecule has 4 rings (SSSR count). The van der Waals surface area contributed by atoms with Crippen LogP contribution < -0.4 is 5.32 Å². The predicted octanol–water partition coefficient (Wildman–Crippen LogP) is 1.64. The summed E-state index contributed by atoms with van der Waals surface area (Å²) in [5, 5.41) is 7.87. The summed E-state index contributed by atoms with van der Waals surface area (Å²) in [5.41, 5.74) is 0.858. The van der Waals surface area contributed by atoms with E-state index in [-0.39, 0.29) is 0 Å². The number of nitrogens with zero attached hydrogens (tertiary/aromatic N) is 4. The first-order valence-corrected chi connectivity index (χ1v) is 7.90. The van der Waals surface area contributed by atoms with Gasteiger partial charge in [0.25, 0.3) is 5.78 Å². The Bertz CT molecular complexity index is 654. The van der Waals surface area contributed by atoms with E-state index >= 15 is 0 Å². The number of methoxy groups -OCH3 is 1. The summed E-state index contributed by atoms with van der Waals surface area (Å²) in [6, 6.07) is 2.40. The number of aromatic nitrogens is 4. The minimum Gasteiger partial charge on any atom is -0.378 e. The zero-order valence-corrected chi connectivity index (χ0v) is 12.7. The van der Waals surface area contributed by atoms with E-state index in [1.54, 1.807) is 11.6 Å². The van der Waals surface area contributed by atoms with Crippen LogP contribution in [-0.2, 0) is 16.1 Å². The van der Waals surface area contributed by atoms with Crippen LogP contribution in [0.5, 0.6) is 0 Å². The highest BCUT2D eigenvalue weighted by atomic mass is 16.5. The van der Waals surface area contributed by atoms with Crippen LogP contribution in [0.15, 0.2) is 12.4 Å². The summed E-state index contributed by atoms with van der Waals surface area (Å²) in [6.07, 6.45) is 6.65. The lowest BCUT2D eigenvalue weighted by Crippen LogP contribution is -2.35. The maximum absolute atomic E-state index is 5.90. The molecule has 7 heteroatoms. The van der Waals surface area contributed by atoms with Crippen LogP contribution in [0.3, 0.4) is 0 Å². The third-order valence-electron chi connectivity index (χ3n) is 4.41. The summed E-state index contributed by atoms with van der Waals surface area (Å²) in [7, 11) is 1.67. The van der Waals surface area contributed by atoms with Crippen molar-refractivity contribution < 1.29 is 9.47 Å². The number of nitrogens with one attached hydrogen (secondary N) is 1. The Morgan fingerprint density at radius 1 is 1.41 bits per heavy atom. The lowest BCUT2D eigenvalue weighted by Gasteiger charge is -2.30. The number of anilines is 1. The summed E-state index contributed by atoms with van der Waals surface area (Å²) < 4.78 is 12.8. The zero-order chi connectivity index (χ0) is 14.9. The first kappa shape index (κ1) is 13.9. The van der Waals surface area contributed by atoms with Crippen molar-refractivity contribution in [3.63, 3.8) is 0 Å². The molecule has 1 saturated carbocycles. The van der Waals surface area contributed by atoms with E-state index in [0.717, 1.165) is 36.9 Å². The van der Waals surface area contributed by atoms with E-state index in [1.165, 1.54) is 19.2 Å². The molecule has 1 N–H and O–H groups in total. The minimum absolute atomic E-state index is 0.407. The zero-order valence-electron chi connectivity index (χ0n) is 12.7. The van der Waals surface area contributed by atoms with Gasteiger partial charge in [0.15, 0.2) is 0 Å². The summed E-state index contributed by atoms with van der Waals surface area (Å²) in [5.74, 6) is 2.30. The predicted molar refractivity (Wildman–Crippen MR) is 80.6 cm³/mol. The van der Waals surface area contributed by atoms with Crippen LogP contribution in [0.1, 0.15) is 31.4 Å². The Hall–Kier alpha value is -1.73. The molecule has 22 heavy (non-hydrogen) atoms. The molecule has 0 aromatic carbocycles. The second kappa shape index (κ2) is 5.81. The molecular weight excluding hydrogens is 282 g/mol. The minimum atomic E-state index is 0.407. The van der Waals surface area contributed by atoms with Crippen molar-refractivity contribution in [3.8, 4) is 0 Å². The topological polar surface area (TPSA) is 73.6 Å². The van der Waals surface area contributed by atoms with Gasteiger partial charge in [0.2, 0.25) is 0 Å². The van der Waals surface area contributed by atoms with Crippen molar-refractivity contribution >= 4 is 11.6 Å². The second-order valence-electron chi connectivity index (χ2n) is 6.15. The first-order chi connectivity index (χ1) is 10.8. The van der Waals surface area contributed by atoms with Gasteiger partial charge < -0.3 is 14.8 Å². The molecule has 2 aromatic heterocycles. The second-order valence-corrected chi connectivity index (χ2v) is 6.15. The molecule has 1 saturated heterocycles. The highest BCUT2D eigenvalue weighted by Crippen LogP contribution is 2.38. The first-order valence-electron chi connectivity index (χ1n) is 7.90. The number of fused-ring (bicyclic) bond motifs is 1. The van der Waals surface area contributed by atoms with Crippen LogP contribution in [0.2, 0.25) is 0 Å². The molecule has 3 heterocycles. The average Bonchev–Trinajstić information content (AvgIpc) is 3.26. The van der Waals surface area contributed by atoms with Gasteiger partial charge in [-0.15, -0.1) is 0 Å². The molecule has 1 aliphatic heterocycles. The van der Waals surface area contributed by atoms with E-state index in [0.29, 0.717) is 24.5 Å². The molecule has 2 aliphatic rings. The van der Waals surface area contributed by atoms with Gasteiger partial charge in [0.05, 0.1) is 18.4 Å². The molecule has 0 bridgehead atoms. The lowest BCUT2D eigenvalue weighted by atomic mass is 10.00. The standard InChI is InChI=1S/C15H21N5O2/c1-21-8-12-7-14(20-15(19-12)16-9-17-20)18-11-4-5-22-13(6-11)10-2-3-10/h7,9-11,13,18H,2-6,8H2,1H3. The molecule has 0 radical (unpaired) electrons. The molecule has 2 atom stereocenters. The van der Waals surface area contributed by atoms with Crippen molar-refractivity contribution in [3.05, 3.63) is 18.1 Å². The maximum atomic E-state index is 5.90. The van der Waals surface area contributed by atoms with E-state index in [2.05, 4.69) is 20.4 Å². The van der Waals surface area contributed by atoms with Crippen LogP contribution in [0.25, 0.3) is 5.78 Å². The van der Waals surface area contributed by atoms with Gasteiger partial charge in [-0.05, 0) is 31.6 Å². The molecule has 2 aromatic rings. The largest absolute Gasteiger partial charge is 0.378 e. The average molecular weight is 303 g/mol. The Kier molecular flexibility index (Phi) is 3.67. The van der Waals surface area contributed by atoms with E-state index in [4.69, 9.17) is 9.47 Å². The molecular formula is C15H21N5O2. The van der Waals surface area contributed by atoms with Crippen LogP contribution in [0.4, 0.5) is 5.82 Å². The van der Waals surface area contributed by atoms with Gasteiger partial charge in [-0.2, -0.15) is 14.6 Å². The Labute approximate surface area is 129 Å². The molecule has 2 fully saturated rings. The smallest absolute Gasteiger partial charge is 0.254 e. The highest BCUT2D eigenvalue weighted by Gasteiger charge is 2.36. The normalized spacial score (nSPS) is 25.5. The van der Waals surface area contributed by atoms with Crippen LogP contribution in [-0.4, -0.2) is 45.4 Å². The molecule has 2 unspecified atom stereocenters. The maximum Gasteiger partial charge on any atom is 0.254 e. The fourth-order valence-corrected chi connectivity index (χ4v) is 3.15. The van der Waals surface area contributed by atoms with Gasteiger partial charge in [-0.1, -0.05) is 0 Å². The Morgan fingerprint density at radius 3 is 3.14 bits per heavy atom. The summed E-state index contributed by atoms with van der Waals surface area (Å²) in [4.78, 5) is 8.62. The molecule has 1 aliphatic carbocycles. The lowest BCUT2D eigenvalue weighted by molar-refractivity contribution is -0.00226. The number of rotatable bonds is 5. The van der Waals surface area contributed by atoms with E-state index < -0.39 is 0 Å². The molecule has 0 amide bonds. The van der Waals surface area contributed by atoms with E-state index in [1.807, 2.05) is 6.07 Å². The summed E-state index contributed by atoms with van der Waals surface area (Å²) >= 11 is 0. The van der Waals surface area contributed by atoms with E-state index in [9.17, 15) is 0 Å². The van der Waals surface area contributed by atoms with Crippen molar-refractivity contribution in [1.29, 1.82) is 0 Å². The van der Waals surface area contributed by atoms with Gasteiger partial charge in [0.1, 0.15) is 12.1 Å². The Balaban J connectivity index is 1.55. The molecule has 118 valence electrons. The third kappa shape index (κ3) is 2.78. The number of hydrogen-bond donors (Lipinski definition) is 1. The summed E-state index contributed by atoms with van der Waals surface area (Å²) in [6.45, 7) is 1.30. The molecule has 7 nitrogen and oxygen atoms in total. The van der Waals surface area contributed by atoms with Gasteiger partial charge in [-0.25, -0.2) is 4.98 Å². The Morgan fingerprint density at radius 2 is 2.32 bits per heavy atom. The van der Waals surface area contributed by atoms with Crippen LogP contribution >= 0.6 is 0 Å². The van der Waals surface area contributed by atoms with Gasteiger partial charge in [0, 0.05) is 25.8 Å². The number of hydrogen-bond acceptors (Lipinski definition) is 6. The van der Waals surface area contributed by atoms with Gasteiger partial charge in [-0.3, -0.25) is 0 Å². The monoisotopic (exact) mass is 303 g/mol. The van der Waals surface area contributed by atoms with Gasteiger partial charge >= 0.3 is 0 Å². The van der Waals surface area contributed by atoms with Crippen molar-refractivity contribution in [2.75, 3.05) is 19.0 Å². The molecule has 0 spiro atoms. The fourth-order valence-electron chi connectivity index (χ4n) is 3.15. The van der Waals surface area contributed by atoms with Crippen molar-refractivity contribution in [1.82, 2.24) is 19.6 Å². The van der Waals surface area contributed by atoms with Crippen molar-refractivity contribution in [2.24, 2.45) is 5.92 Å². The van der Waals surface area contributed by atoms with Crippen LogP contribution in [0, 0.1) is 5.92 Å². The fraction of sp³-hybridized carbons (Fsp3) is 0.667. The highest BCUT2D eigenvalue weighted by molar-refractivity contribution is 5.45. The van der Waals surface area contributed by atoms with Crippen molar-refractivity contribution in [2.45, 2.75) is 44.4 Å². The third-order valence-corrected chi connectivity index (χ3v) is 4.41. The SMILES string of the molecule is COCc1cc(NC2CCOC(C3CC3)C2)n2ncnc2n1. The number of ether oxygens (including phenoxy) is 2. The quantitative estimate of drug-likeness (QED) is 0.905.